The number of furan rings is 1. The SMILES string of the molecule is Cc1c(S(=O)(=O)F)oc2ccc(Cl)cc12. The molecule has 0 saturated carbocycles. The number of halogens is 2. The molecule has 0 atom stereocenters. The number of benzene rings is 1. The first-order valence-electron chi connectivity index (χ1n) is 4.03. The molecule has 15 heavy (non-hydrogen) atoms. The van der Waals surface area contributed by atoms with E-state index >= 15 is 0 Å². The summed E-state index contributed by atoms with van der Waals surface area (Å²) in [6, 6.07) is 4.57. The van der Waals surface area contributed by atoms with Crippen molar-refractivity contribution in [2.75, 3.05) is 0 Å². The average Bonchev–Trinajstić information content (AvgIpc) is 2.43. The lowest BCUT2D eigenvalue weighted by Crippen LogP contribution is -1.90. The summed E-state index contributed by atoms with van der Waals surface area (Å²) in [7, 11) is -4.82. The second-order valence-corrected chi connectivity index (χ2v) is 4.78. The van der Waals surface area contributed by atoms with E-state index in [2.05, 4.69) is 0 Å². The molecule has 6 heteroatoms. The summed E-state index contributed by atoms with van der Waals surface area (Å²) in [4.78, 5) is 0. The molecule has 1 heterocycles. The van der Waals surface area contributed by atoms with Crippen LogP contribution in [-0.4, -0.2) is 8.42 Å². The van der Waals surface area contributed by atoms with Gasteiger partial charge in [0.25, 0.3) is 5.09 Å². The Kier molecular flexibility index (Phi) is 2.24. The van der Waals surface area contributed by atoms with E-state index in [1.54, 1.807) is 6.07 Å². The van der Waals surface area contributed by atoms with Gasteiger partial charge in [0.15, 0.2) is 0 Å². The van der Waals surface area contributed by atoms with E-state index in [1.165, 1.54) is 19.1 Å². The minimum atomic E-state index is -4.82. The number of aryl methyl sites for hydroxylation is 1. The van der Waals surface area contributed by atoms with Gasteiger partial charge < -0.3 is 4.42 Å². The van der Waals surface area contributed by atoms with Crippen molar-refractivity contribution >= 4 is 32.8 Å². The molecule has 0 aliphatic rings. The molecule has 0 fully saturated rings. The number of hydrogen-bond donors (Lipinski definition) is 0. The highest BCUT2D eigenvalue weighted by Gasteiger charge is 2.22. The molecule has 0 unspecified atom stereocenters. The van der Waals surface area contributed by atoms with Crippen LogP contribution in [0.15, 0.2) is 27.7 Å². The fraction of sp³-hybridized carbons (Fsp3) is 0.111. The van der Waals surface area contributed by atoms with Gasteiger partial charge in [-0.05, 0) is 25.1 Å². The molecule has 3 nitrogen and oxygen atoms in total. The van der Waals surface area contributed by atoms with Crippen molar-refractivity contribution < 1.29 is 16.7 Å². The monoisotopic (exact) mass is 248 g/mol. The van der Waals surface area contributed by atoms with Crippen molar-refractivity contribution in [3.63, 3.8) is 0 Å². The predicted octanol–water partition coefficient (Wildman–Crippen LogP) is 3.05. The maximum Gasteiger partial charge on any atom is 0.366 e. The van der Waals surface area contributed by atoms with Crippen LogP contribution in [0.2, 0.25) is 5.02 Å². The predicted molar refractivity (Wildman–Crippen MR) is 54.3 cm³/mol. The zero-order valence-electron chi connectivity index (χ0n) is 7.62. The first-order chi connectivity index (χ1) is 6.89. The molecule has 0 bridgehead atoms. The van der Waals surface area contributed by atoms with Crippen LogP contribution in [0.5, 0.6) is 0 Å². The van der Waals surface area contributed by atoms with Crippen molar-refractivity contribution in [1.82, 2.24) is 0 Å². The third-order valence-corrected chi connectivity index (χ3v) is 3.14. The van der Waals surface area contributed by atoms with E-state index < -0.39 is 15.3 Å². The van der Waals surface area contributed by atoms with Gasteiger partial charge in [-0.25, -0.2) is 0 Å². The summed E-state index contributed by atoms with van der Waals surface area (Å²) >= 11 is 5.73. The molecule has 2 aromatic rings. The molecule has 0 N–H and O–H groups in total. The molecule has 2 rings (SSSR count). The molecule has 0 aliphatic heterocycles. The second-order valence-electron chi connectivity index (χ2n) is 3.09. The fourth-order valence-electron chi connectivity index (χ4n) is 1.40. The highest BCUT2D eigenvalue weighted by molar-refractivity contribution is 7.86. The normalized spacial score (nSPS) is 12.2. The van der Waals surface area contributed by atoms with Gasteiger partial charge in [-0.15, -0.1) is 0 Å². The van der Waals surface area contributed by atoms with Crippen LogP contribution in [0.25, 0.3) is 11.0 Å². The zero-order chi connectivity index (χ0) is 11.2. The van der Waals surface area contributed by atoms with Crippen molar-refractivity contribution in [3.8, 4) is 0 Å². The van der Waals surface area contributed by atoms with Gasteiger partial charge in [0, 0.05) is 16.0 Å². The average molecular weight is 249 g/mol. The van der Waals surface area contributed by atoms with Crippen LogP contribution in [-0.2, 0) is 10.2 Å². The molecule has 80 valence electrons. The van der Waals surface area contributed by atoms with E-state index in [-0.39, 0.29) is 5.56 Å². The summed E-state index contributed by atoms with van der Waals surface area (Å²) < 4.78 is 39.1. The first-order valence-corrected chi connectivity index (χ1v) is 5.79. The van der Waals surface area contributed by atoms with Gasteiger partial charge in [0.2, 0.25) is 0 Å². The van der Waals surface area contributed by atoms with Crippen LogP contribution in [0.3, 0.4) is 0 Å². The maximum atomic E-state index is 12.8. The van der Waals surface area contributed by atoms with E-state index in [1.807, 2.05) is 0 Å². The topological polar surface area (TPSA) is 47.3 Å². The molecule has 0 radical (unpaired) electrons. The van der Waals surface area contributed by atoms with Gasteiger partial charge >= 0.3 is 10.2 Å². The quantitative estimate of drug-likeness (QED) is 0.729. The third-order valence-electron chi connectivity index (χ3n) is 2.08. The molecule has 1 aromatic carbocycles. The van der Waals surface area contributed by atoms with Gasteiger partial charge in [-0.1, -0.05) is 15.5 Å². The van der Waals surface area contributed by atoms with Crippen molar-refractivity contribution in [1.29, 1.82) is 0 Å². The molecule has 1 aromatic heterocycles. The Morgan fingerprint density at radius 2 is 2.07 bits per heavy atom. The van der Waals surface area contributed by atoms with Crippen LogP contribution in [0, 0.1) is 6.92 Å². The first kappa shape index (κ1) is 10.4. The van der Waals surface area contributed by atoms with Crippen LogP contribution >= 0.6 is 11.6 Å². The minimum Gasteiger partial charge on any atom is -0.442 e. The largest absolute Gasteiger partial charge is 0.442 e. The highest BCUT2D eigenvalue weighted by atomic mass is 35.5. The summed E-state index contributed by atoms with van der Waals surface area (Å²) in [6.45, 7) is 1.47. The highest BCUT2D eigenvalue weighted by Crippen LogP contribution is 2.31. The number of fused-ring (bicyclic) bond motifs is 1. The molecular weight excluding hydrogens is 243 g/mol. The van der Waals surface area contributed by atoms with E-state index in [9.17, 15) is 12.3 Å². The molecule has 0 saturated heterocycles. The van der Waals surface area contributed by atoms with E-state index in [0.29, 0.717) is 16.0 Å². The number of hydrogen-bond acceptors (Lipinski definition) is 3. The van der Waals surface area contributed by atoms with Gasteiger partial charge in [-0.2, -0.15) is 8.42 Å². The lowest BCUT2D eigenvalue weighted by atomic mass is 10.2. The molecular formula is C9H6ClFO3S. The fourth-order valence-corrected chi connectivity index (χ4v) is 2.24. The van der Waals surface area contributed by atoms with Crippen molar-refractivity contribution in [2.45, 2.75) is 12.0 Å². The summed E-state index contributed by atoms with van der Waals surface area (Å²) in [5, 5.41) is 0.285. The summed E-state index contributed by atoms with van der Waals surface area (Å²) in [5.41, 5.74) is 0.531. The molecule has 0 aliphatic carbocycles. The number of rotatable bonds is 1. The van der Waals surface area contributed by atoms with Crippen LogP contribution in [0.1, 0.15) is 5.56 Å². The Hall–Kier alpha value is -1.07. The maximum absolute atomic E-state index is 12.8. The van der Waals surface area contributed by atoms with Gasteiger partial charge in [0.1, 0.15) is 5.58 Å². The lowest BCUT2D eigenvalue weighted by molar-refractivity contribution is 0.457. The summed E-state index contributed by atoms with van der Waals surface area (Å²) in [5.74, 6) is 0. The van der Waals surface area contributed by atoms with Gasteiger partial charge in [0.05, 0.1) is 0 Å². The van der Waals surface area contributed by atoms with E-state index in [4.69, 9.17) is 16.0 Å². The zero-order valence-corrected chi connectivity index (χ0v) is 9.19. The Bertz CT molecular complexity index is 630. The Morgan fingerprint density at radius 3 is 2.67 bits per heavy atom. The third kappa shape index (κ3) is 1.72. The molecule has 0 spiro atoms. The second kappa shape index (κ2) is 3.21. The van der Waals surface area contributed by atoms with Crippen molar-refractivity contribution in [2.24, 2.45) is 0 Å². The lowest BCUT2D eigenvalue weighted by Gasteiger charge is -1.90. The van der Waals surface area contributed by atoms with Crippen LogP contribution in [0.4, 0.5) is 3.89 Å². The smallest absolute Gasteiger partial charge is 0.366 e. The van der Waals surface area contributed by atoms with Crippen molar-refractivity contribution in [3.05, 3.63) is 28.8 Å². The van der Waals surface area contributed by atoms with Gasteiger partial charge in [-0.3, -0.25) is 0 Å². The van der Waals surface area contributed by atoms with Crippen LogP contribution < -0.4 is 0 Å². The Balaban J connectivity index is 2.87. The summed E-state index contributed by atoms with van der Waals surface area (Å²) in [6.07, 6.45) is 0. The molecule has 0 amide bonds. The Labute approximate surface area is 90.7 Å². The Morgan fingerprint density at radius 1 is 1.40 bits per heavy atom. The minimum absolute atomic E-state index is 0.231. The standard InChI is InChI=1S/C9H6ClFO3S/c1-5-7-4-6(10)2-3-8(7)14-9(5)15(11,12)13/h2-4H,1H3. The van der Waals surface area contributed by atoms with E-state index in [0.717, 1.165) is 0 Å².